The zero-order chi connectivity index (χ0) is 12.1. The van der Waals surface area contributed by atoms with Gasteiger partial charge in [-0.25, -0.2) is 0 Å². The Bertz CT molecular complexity index is 455. The Kier molecular flexibility index (Phi) is 5.06. The molecular formula is C11H8Cl2O2S. The Morgan fingerprint density at radius 2 is 2.00 bits per heavy atom. The molecule has 0 aromatic heterocycles. The molecule has 16 heavy (non-hydrogen) atoms. The fraction of sp³-hybridized carbons (Fsp3) is 0.0909. The first-order valence-corrected chi connectivity index (χ1v) is 6.28. The highest BCUT2D eigenvalue weighted by Crippen LogP contribution is 2.22. The van der Waals surface area contributed by atoms with Crippen LogP contribution in [-0.2, 0) is 9.59 Å². The van der Waals surface area contributed by atoms with Crippen LogP contribution in [0.1, 0.15) is 5.56 Å². The third-order valence-corrected chi connectivity index (χ3v) is 2.90. The van der Waals surface area contributed by atoms with Gasteiger partial charge in [-0.3, -0.25) is 9.59 Å². The number of benzene rings is 1. The van der Waals surface area contributed by atoms with Gasteiger partial charge in [0, 0.05) is 10.0 Å². The molecule has 0 fully saturated rings. The maximum Gasteiger partial charge on any atom is 0.259 e. The van der Waals surface area contributed by atoms with E-state index in [1.165, 1.54) is 12.2 Å². The molecule has 1 aromatic carbocycles. The van der Waals surface area contributed by atoms with Gasteiger partial charge in [0.2, 0.25) is 5.78 Å². The number of hydrogen-bond acceptors (Lipinski definition) is 3. The molecule has 0 saturated carbocycles. The molecular weight excluding hydrogens is 267 g/mol. The standard InChI is InChI=1S/C11H8Cl2O2S/c1-16-11(15)10(14)5-3-7-2-4-8(12)6-9(7)13/h2-6H,1H3/b5-3+. The van der Waals surface area contributed by atoms with Crippen molar-refractivity contribution in [2.75, 3.05) is 6.26 Å². The number of rotatable bonds is 3. The molecule has 0 amide bonds. The summed E-state index contributed by atoms with van der Waals surface area (Å²) in [5.41, 5.74) is 0.647. The first kappa shape index (κ1) is 13.3. The second kappa shape index (κ2) is 6.09. The topological polar surface area (TPSA) is 34.1 Å². The van der Waals surface area contributed by atoms with Gasteiger partial charge in [0.05, 0.1) is 0 Å². The summed E-state index contributed by atoms with van der Waals surface area (Å²) in [5.74, 6) is -0.557. The van der Waals surface area contributed by atoms with Crippen LogP contribution in [0.3, 0.4) is 0 Å². The van der Waals surface area contributed by atoms with Crippen LogP contribution in [0.5, 0.6) is 0 Å². The SMILES string of the molecule is CSC(=O)C(=O)/C=C/c1ccc(Cl)cc1Cl. The smallest absolute Gasteiger partial charge is 0.259 e. The third-order valence-electron chi connectivity index (χ3n) is 1.76. The van der Waals surface area contributed by atoms with Crippen molar-refractivity contribution in [3.63, 3.8) is 0 Å². The highest BCUT2D eigenvalue weighted by molar-refractivity contribution is 8.14. The Labute approximate surface area is 108 Å². The molecule has 1 rings (SSSR count). The lowest BCUT2D eigenvalue weighted by Crippen LogP contribution is -2.04. The second-order valence-corrected chi connectivity index (χ2v) is 4.48. The van der Waals surface area contributed by atoms with E-state index in [0.717, 1.165) is 11.8 Å². The van der Waals surface area contributed by atoms with E-state index >= 15 is 0 Å². The van der Waals surface area contributed by atoms with Gasteiger partial charge in [0.15, 0.2) is 0 Å². The van der Waals surface area contributed by atoms with Crippen molar-refractivity contribution in [2.24, 2.45) is 0 Å². The van der Waals surface area contributed by atoms with E-state index in [9.17, 15) is 9.59 Å². The molecule has 0 radical (unpaired) electrons. The van der Waals surface area contributed by atoms with Gasteiger partial charge in [0.1, 0.15) is 0 Å². The lowest BCUT2D eigenvalue weighted by molar-refractivity contribution is -0.128. The number of allylic oxidation sites excluding steroid dienone is 1. The van der Waals surface area contributed by atoms with Crippen LogP contribution in [-0.4, -0.2) is 17.2 Å². The lowest BCUT2D eigenvalue weighted by atomic mass is 10.2. The number of thioether (sulfide) groups is 1. The van der Waals surface area contributed by atoms with Crippen molar-refractivity contribution in [1.82, 2.24) is 0 Å². The predicted octanol–water partition coefficient (Wildman–Crippen LogP) is 3.47. The number of carbonyl (C=O) groups is 2. The molecule has 2 nitrogen and oxygen atoms in total. The molecule has 0 aliphatic rings. The molecule has 0 bridgehead atoms. The van der Waals surface area contributed by atoms with Crippen LogP contribution in [0, 0.1) is 0 Å². The van der Waals surface area contributed by atoms with E-state index < -0.39 is 10.9 Å². The summed E-state index contributed by atoms with van der Waals surface area (Å²) in [6.45, 7) is 0. The van der Waals surface area contributed by atoms with Crippen molar-refractivity contribution < 1.29 is 9.59 Å². The maximum absolute atomic E-state index is 11.2. The summed E-state index contributed by atoms with van der Waals surface area (Å²) in [4.78, 5) is 22.2. The lowest BCUT2D eigenvalue weighted by Gasteiger charge is -1.97. The van der Waals surface area contributed by atoms with Gasteiger partial charge in [-0.1, -0.05) is 41.0 Å². The molecule has 0 aliphatic heterocycles. The maximum atomic E-state index is 11.2. The molecule has 0 heterocycles. The summed E-state index contributed by atoms with van der Waals surface area (Å²) >= 11 is 12.5. The minimum absolute atomic E-state index is 0.438. The summed E-state index contributed by atoms with van der Waals surface area (Å²) < 4.78 is 0. The van der Waals surface area contributed by atoms with Crippen LogP contribution in [0.25, 0.3) is 6.08 Å². The van der Waals surface area contributed by atoms with E-state index in [-0.39, 0.29) is 0 Å². The highest BCUT2D eigenvalue weighted by Gasteiger charge is 2.07. The summed E-state index contributed by atoms with van der Waals surface area (Å²) in [5, 5.41) is 0.461. The Hall–Kier alpha value is -0.770. The van der Waals surface area contributed by atoms with Crippen LogP contribution >= 0.6 is 35.0 Å². The minimum Gasteiger partial charge on any atom is -0.285 e. The van der Waals surface area contributed by atoms with Gasteiger partial charge >= 0.3 is 0 Å². The van der Waals surface area contributed by atoms with Crippen molar-refractivity contribution in [3.05, 3.63) is 39.9 Å². The Balaban J connectivity index is 2.84. The first-order valence-electron chi connectivity index (χ1n) is 4.30. The molecule has 5 heteroatoms. The number of carbonyl (C=O) groups excluding carboxylic acids is 2. The van der Waals surface area contributed by atoms with Gasteiger partial charge < -0.3 is 0 Å². The van der Waals surface area contributed by atoms with Crippen molar-refractivity contribution in [2.45, 2.75) is 0 Å². The molecule has 0 aliphatic carbocycles. The zero-order valence-corrected chi connectivity index (χ0v) is 10.7. The molecule has 1 aromatic rings. The van der Waals surface area contributed by atoms with Crippen molar-refractivity contribution in [1.29, 1.82) is 0 Å². The summed E-state index contributed by atoms with van der Waals surface area (Å²) in [6.07, 6.45) is 4.26. The first-order chi connectivity index (χ1) is 7.54. The van der Waals surface area contributed by atoms with E-state index in [1.54, 1.807) is 24.5 Å². The van der Waals surface area contributed by atoms with E-state index in [4.69, 9.17) is 23.2 Å². The van der Waals surface area contributed by atoms with Crippen molar-refractivity contribution >= 4 is 51.9 Å². The Morgan fingerprint density at radius 3 is 2.56 bits per heavy atom. The monoisotopic (exact) mass is 274 g/mol. The molecule has 0 atom stereocenters. The van der Waals surface area contributed by atoms with Crippen LogP contribution in [0.4, 0.5) is 0 Å². The zero-order valence-electron chi connectivity index (χ0n) is 8.37. The largest absolute Gasteiger partial charge is 0.285 e. The van der Waals surface area contributed by atoms with E-state index in [0.29, 0.717) is 15.6 Å². The van der Waals surface area contributed by atoms with Crippen LogP contribution in [0.2, 0.25) is 10.0 Å². The highest BCUT2D eigenvalue weighted by atomic mass is 35.5. The molecule has 0 unspecified atom stereocenters. The summed E-state index contributed by atoms with van der Waals surface area (Å²) in [7, 11) is 0. The van der Waals surface area contributed by atoms with Gasteiger partial charge in [0.25, 0.3) is 5.12 Å². The number of ketones is 1. The van der Waals surface area contributed by atoms with E-state index in [2.05, 4.69) is 0 Å². The molecule has 0 saturated heterocycles. The number of hydrogen-bond donors (Lipinski definition) is 0. The average Bonchev–Trinajstić information content (AvgIpc) is 2.26. The van der Waals surface area contributed by atoms with Crippen LogP contribution < -0.4 is 0 Å². The second-order valence-electron chi connectivity index (χ2n) is 2.86. The fourth-order valence-electron chi connectivity index (χ4n) is 0.971. The predicted molar refractivity (Wildman–Crippen MR) is 69.0 cm³/mol. The van der Waals surface area contributed by atoms with Gasteiger partial charge in [-0.2, -0.15) is 0 Å². The summed E-state index contributed by atoms with van der Waals surface area (Å²) in [6, 6.07) is 4.91. The van der Waals surface area contributed by atoms with Crippen molar-refractivity contribution in [3.8, 4) is 0 Å². The fourth-order valence-corrected chi connectivity index (χ4v) is 1.71. The van der Waals surface area contributed by atoms with Crippen LogP contribution in [0.15, 0.2) is 24.3 Å². The Morgan fingerprint density at radius 1 is 1.31 bits per heavy atom. The average molecular weight is 275 g/mol. The van der Waals surface area contributed by atoms with Gasteiger partial charge in [-0.15, -0.1) is 0 Å². The molecule has 0 N–H and O–H groups in total. The van der Waals surface area contributed by atoms with Gasteiger partial charge in [-0.05, 0) is 36.1 Å². The van der Waals surface area contributed by atoms with E-state index in [1.807, 2.05) is 0 Å². The normalized spacial score (nSPS) is 10.7. The molecule has 0 spiro atoms. The minimum atomic E-state index is -0.557. The molecule has 84 valence electrons. The number of halogens is 2. The third kappa shape index (κ3) is 3.67. The quantitative estimate of drug-likeness (QED) is 0.625.